The first-order valence-corrected chi connectivity index (χ1v) is 11.4. The van der Waals surface area contributed by atoms with Gasteiger partial charge in [0.1, 0.15) is 5.82 Å². The van der Waals surface area contributed by atoms with Gasteiger partial charge in [0.15, 0.2) is 0 Å². The zero-order valence-electron chi connectivity index (χ0n) is 19.5. The number of aromatic amines is 1. The lowest BCUT2D eigenvalue weighted by atomic mass is 9.98. The van der Waals surface area contributed by atoms with Crippen molar-refractivity contribution >= 4 is 22.7 Å². The minimum Gasteiger partial charge on any atom is -0.361 e. The first-order valence-electron chi connectivity index (χ1n) is 11.4. The van der Waals surface area contributed by atoms with Gasteiger partial charge in [-0.05, 0) is 48.4 Å². The summed E-state index contributed by atoms with van der Waals surface area (Å²) in [7, 11) is 0. The van der Waals surface area contributed by atoms with Gasteiger partial charge in [-0.3, -0.25) is 9.59 Å². The molecule has 5 nitrogen and oxygen atoms in total. The Morgan fingerprint density at radius 2 is 1.62 bits per heavy atom. The van der Waals surface area contributed by atoms with Crippen LogP contribution < -0.4 is 0 Å². The number of piperazine rings is 1. The molecule has 4 rings (SSSR count). The number of hydrogen-bond donors (Lipinski definition) is 1. The summed E-state index contributed by atoms with van der Waals surface area (Å²) in [5.74, 6) is -1.73. The fraction of sp³-hybridized carbons (Fsp3) is 0.360. The Hall–Kier alpha value is -3.57. The van der Waals surface area contributed by atoms with E-state index in [-0.39, 0.29) is 44.4 Å². The molecule has 2 amide bonds. The lowest BCUT2D eigenvalue weighted by molar-refractivity contribution is -0.143. The third-order valence-corrected chi connectivity index (χ3v) is 6.42. The second-order valence-corrected chi connectivity index (χ2v) is 8.85. The molecule has 2 aromatic carbocycles. The molecule has 1 N–H and O–H groups in total. The average Bonchev–Trinajstić information content (AvgIpc) is 3.23. The monoisotopic (exact) mass is 529 g/mol. The summed E-state index contributed by atoms with van der Waals surface area (Å²) in [6, 6.07) is 4.06. The van der Waals surface area contributed by atoms with Crippen LogP contribution in [-0.4, -0.2) is 52.3 Å². The number of rotatable bonds is 4. The highest BCUT2D eigenvalue weighted by atomic mass is 19.4. The van der Waals surface area contributed by atoms with Gasteiger partial charge in [-0.2, -0.15) is 26.3 Å². The van der Waals surface area contributed by atoms with Crippen LogP contribution in [0.1, 0.15) is 40.4 Å². The van der Waals surface area contributed by atoms with E-state index in [4.69, 9.17) is 0 Å². The van der Waals surface area contributed by atoms with Gasteiger partial charge in [-0.15, -0.1) is 0 Å². The van der Waals surface area contributed by atoms with Crippen LogP contribution >= 0.6 is 0 Å². The molecule has 1 fully saturated rings. The van der Waals surface area contributed by atoms with Gasteiger partial charge in [0, 0.05) is 48.7 Å². The molecule has 0 aliphatic carbocycles. The minimum absolute atomic E-state index is 0.0193. The second-order valence-electron chi connectivity index (χ2n) is 8.85. The van der Waals surface area contributed by atoms with Gasteiger partial charge in [-0.1, -0.05) is 6.92 Å². The van der Waals surface area contributed by atoms with Crippen LogP contribution in [0.15, 0.2) is 42.6 Å². The summed E-state index contributed by atoms with van der Waals surface area (Å²) >= 11 is 0. The molecule has 3 aromatic rings. The zero-order valence-corrected chi connectivity index (χ0v) is 19.5. The third-order valence-electron chi connectivity index (χ3n) is 6.42. The Bertz CT molecular complexity index is 1300. The van der Waals surface area contributed by atoms with Crippen LogP contribution in [0, 0.1) is 5.82 Å². The molecule has 0 saturated carbocycles. The van der Waals surface area contributed by atoms with Crippen molar-refractivity contribution in [3.05, 3.63) is 70.7 Å². The molecule has 1 saturated heterocycles. The van der Waals surface area contributed by atoms with Crippen molar-refractivity contribution in [2.45, 2.75) is 38.2 Å². The number of carbonyl (C=O) groups is 2. The summed E-state index contributed by atoms with van der Waals surface area (Å²) in [5, 5.41) is 0.518. The molecule has 198 valence electrons. The maximum Gasteiger partial charge on any atom is 0.416 e. The Balaban J connectivity index is 1.73. The van der Waals surface area contributed by atoms with E-state index in [1.807, 2.05) is 0 Å². The van der Waals surface area contributed by atoms with Crippen LogP contribution in [0.2, 0.25) is 0 Å². The normalized spacial score (nSPS) is 16.9. The number of carbonyl (C=O) groups excluding carboxylic acids is 2. The molecule has 1 aliphatic heterocycles. The van der Waals surface area contributed by atoms with Gasteiger partial charge in [0.05, 0.1) is 17.2 Å². The molecule has 37 heavy (non-hydrogen) atoms. The Morgan fingerprint density at radius 3 is 2.22 bits per heavy atom. The molecular formula is C25H22F7N3O2. The van der Waals surface area contributed by atoms with E-state index in [9.17, 15) is 40.3 Å². The molecule has 0 spiro atoms. The van der Waals surface area contributed by atoms with Crippen LogP contribution in [0.3, 0.4) is 0 Å². The zero-order chi connectivity index (χ0) is 27.1. The molecule has 0 bridgehead atoms. The number of H-pyrrole nitrogens is 1. The van der Waals surface area contributed by atoms with Crippen LogP contribution in [-0.2, 0) is 23.6 Å². The maximum absolute atomic E-state index is 13.9. The van der Waals surface area contributed by atoms with E-state index < -0.39 is 46.8 Å². The number of alkyl halides is 6. The fourth-order valence-corrected chi connectivity index (χ4v) is 4.57. The fourth-order valence-electron chi connectivity index (χ4n) is 4.57. The van der Waals surface area contributed by atoms with Crippen LogP contribution in [0.5, 0.6) is 0 Å². The van der Waals surface area contributed by atoms with Crippen LogP contribution in [0.25, 0.3) is 10.9 Å². The van der Waals surface area contributed by atoms with Crippen molar-refractivity contribution in [2.24, 2.45) is 0 Å². The lowest BCUT2D eigenvalue weighted by Crippen LogP contribution is -2.57. The van der Waals surface area contributed by atoms with Crippen molar-refractivity contribution in [3.63, 3.8) is 0 Å². The summed E-state index contributed by atoms with van der Waals surface area (Å²) in [6.45, 7) is 1.65. The Kier molecular flexibility index (Phi) is 6.95. The molecule has 12 heteroatoms. The number of nitrogens with zero attached hydrogens (tertiary/aromatic N) is 2. The number of amides is 2. The molecular weight excluding hydrogens is 507 g/mol. The number of halogens is 7. The molecule has 2 heterocycles. The second kappa shape index (κ2) is 9.71. The Morgan fingerprint density at radius 1 is 0.973 bits per heavy atom. The molecule has 1 atom stereocenters. The summed E-state index contributed by atoms with van der Waals surface area (Å²) < 4.78 is 94.0. The van der Waals surface area contributed by atoms with Crippen molar-refractivity contribution in [1.29, 1.82) is 0 Å². The lowest BCUT2D eigenvalue weighted by Gasteiger charge is -2.41. The number of nitrogens with one attached hydrogen (secondary N) is 1. The van der Waals surface area contributed by atoms with Gasteiger partial charge < -0.3 is 14.8 Å². The predicted octanol–water partition coefficient (Wildman–Crippen LogP) is 5.65. The van der Waals surface area contributed by atoms with Crippen molar-refractivity contribution in [1.82, 2.24) is 14.8 Å². The van der Waals surface area contributed by atoms with E-state index in [1.54, 1.807) is 13.1 Å². The number of hydrogen-bond acceptors (Lipinski definition) is 2. The van der Waals surface area contributed by atoms with Gasteiger partial charge >= 0.3 is 12.4 Å². The summed E-state index contributed by atoms with van der Waals surface area (Å²) in [4.78, 5) is 31.4. The maximum atomic E-state index is 13.9. The van der Waals surface area contributed by atoms with Crippen molar-refractivity contribution < 1.29 is 40.3 Å². The number of fused-ring (bicyclic) bond motifs is 1. The number of aromatic nitrogens is 1. The highest BCUT2D eigenvalue weighted by Crippen LogP contribution is 2.37. The smallest absolute Gasteiger partial charge is 0.361 e. The molecule has 1 unspecified atom stereocenters. The van der Waals surface area contributed by atoms with E-state index in [0.717, 1.165) is 0 Å². The van der Waals surface area contributed by atoms with E-state index in [1.165, 1.54) is 28.0 Å². The quantitative estimate of drug-likeness (QED) is 0.444. The topological polar surface area (TPSA) is 56.4 Å². The van der Waals surface area contributed by atoms with E-state index in [0.29, 0.717) is 28.6 Å². The molecule has 1 aliphatic rings. The standard InChI is InChI=1S/C25H22F7N3O2/c1-2-22(36)34-5-6-35(19(13-34)9-15-12-33-21-4-3-18(26)11-20(15)21)23(37)14-7-16(24(27,28)29)10-17(8-14)25(30,31)32/h3-4,7-8,10-12,19,33H,2,5-6,9,13H2,1H3. The molecule has 1 aromatic heterocycles. The predicted molar refractivity (Wildman–Crippen MR) is 120 cm³/mol. The average molecular weight is 529 g/mol. The highest BCUT2D eigenvalue weighted by molar-refractivity contribution is 5.95. The largest absolute Gasteiger partial charge is 0.416 e. The first kappa shape index (κ1) is 26.5. The minimum atomic E-state index is -5.10. The van der Waals surface area contributed by atoms with Crippen molar-refractivity contribution in [3.8, 4) is 0 Å². The SMILES string of the molecule is CCC(=O)N1CCN(C(=O)c2cc(C(F)(F)F)cc(C(F)(F)F)c2)C(Cc2c[nH]c3ccc(F)cc23)C1. The van der Waals surface area contributed by atoms with E-state index in [2.05, 4.69) is 4.98 Å². The number of benzene rings is 2. The van der Waals surface area contributed by atoms with Crippen LogP contribution in [0.4, 0.5) is 30.7 Å². The molecule has 0 radical (unpaired) electrons. The Labute approximate surface area is 206 Å². The first-order chi connectivity index (χ1) is 17.3. The summed E-state index contributed by atoms with van der Waals surface area (Å²) in [6.07, 6.45) is -8.33. The van der Waals surface area contributed by atoms with E-state index >= 15 is 0 Å². The third kappa shape index (κ3) is 5.57. The van der Waals surface area contributed by atoms with Gasteiger partial charge in [-0.25, -0.2) is 4.39 Å². The van der Waals surface area contributed by atoms with Crippen molar-refractivity contribution in [2.75, 3.05) is 19.6 Å². The summed E-state index contributed by atoms with van der Waals surface area (Å²) in [5.41, 5.74) is -2.74. The highest BCUT2D eigenvalue weighted by Gasteiger charge is 2.39. The van der Waals surface area contributed by atoms with Gasteiger partial charge in [0.2, 0.25) is 5.91 Å². The van der Waals surface area contributed by atoms with Gasteiger partial charge in [0.25, 0.3) is 5.91 Å².